The van der Waals surface area contributed by atoms with Gasteiger partial charge >= 0.3 is 11.9 Å². The summed E-state index contributed by atoms with van der Waals surface area (Å²) in [5.41, 5.74) is 12.3. The maximum absolute atomic E-state index is 10.8. The monoisotopic (exact) mass is 360 g/mol. The van der Waals surface area contributed by atoms with Crippen molar-refractivity contribution in [2.24, 2.45) is 11.5 Å². The van der Waals surface area contributed by atoms with Gasteiger partial charge in [-0.1, -0.05) is 18.2 Å². The van der Waals surface area contributed by atoms with Crippen LogP contribution in [-0.2, 0) is 22.4 Å². The molecule has 2 aromatic carbocycles. The third kappa shape index (κ3) is 5.20. The summed E-state index contributed by atoms with van der Waals surface area (Å²) in [6.45, 7) is 0. The minimum absolute atomic E-state index is 0.0952. The first-order chi connectivity index (χ1) is 12.3. The smallest absolute Gasteiger partial charge is 0.320 e. The van der Waals surface area contributed by atoms with Crippen LogP contribution < -0.4 is 16.2 Å². The fourth-order valence-electron chi connectivity index (χ4n) is 2.27. The summed E-state index contributed by atoms with van der Waals surface area (Å²) in [5.74, 6) is -1.71. The molecule has 26 heavy (non-hydrogen) atoms. The average Bonchev–Trinajstić information content (AvgIpc) is 2.59. The molecule has 2 rings (SSSR count). The molecule has 0 aromatic heterocycles. The van der Waals surface area contributed by atoms with Crippen LogP contribution >= 0.6 is 0 Å². The topological polar surface area (TPSA) is 156 Å². The highest BCUT2D eigenvalue weighted by Gasteiger charge is 2.15. The molecule has 0 saturated heterocycles. The van der Waals surface area contributed by atoms with Crippen LogP contribution in [0.5, 0.6) is 17.2 Å². The van der Waals surface area contributed by atoms with Gasteiger partial charge in [0.05, 0.1) is 0 Å². The second-order valence-corrected chi connectivity index (χ2v) is 5.85. The highest BCUT2D eigenvalue weighted by atomic mass is 16.5. The van der Waals surface area contributed by atoms with Crippen molar-refractivity contribution in [2.45, 2.75) is 24.9 Å². The Morgan fingerprint density at radius 2 is 1.38 bits per heavy atom. The molecule has 7 N–H and O–H groups in total. The molecule has 138 valence electrons. The Bertz CT molecular complexity index is 791. The predicted molar refractivity (Wildman–Crippen MR) is 93.3 cm³/mol. The lowest BCUT2D eigenvalue weighted by Crippen LogP contribution is -2.32. The Labute approximate surface area is 149 Å². The van der Waals surface area contributed by atoms with Gasteiger partial charge in [-0.15, -0.1) is 0 Å². The van der Waals surface area contributed by atoms with E-state index in [1.54, 1.807) is 30.3 Å². The number of hydrogen-bond acceptors (Lipinski definition) is 6. The highest BCUT2D eigenvalue weighted by molar-refractivity contribution is 5.74. The van der Waals surface area contributed by atoms with E-state index < -0.39 is 24.0 Å². The summed E-state index contributed by atoms with van der Waals surface area (Å²) in [5, 5.41) is 27.6. The van der Waals surface area contributed by atoms with Gasteiger partial charge in [0.15, 0.2) is 11.5 Å². The van der Waals surface area contributed by atoms with E-state index >= 15 is 0 Å². The van der Waals surface area contributed by atoms with E-state index in [0.29, 0.717) is 11.3 Å². The molecule has 2 aromatic rings. The fourth-order valence-corrected chi connectivity index (χ4v) is 2.27. The van der Waals surface area contributed by atoms with Crippen LogP contribution in [0, 0.1) is 0 Å². The van der Waals surface area contributed by atoms with Crippen LogP contribution in [0.1, 0.15) is 11.1 Å². The molecule has 0 aliphatic rings. The average molecular weight is 360 g/mol. The summed E-state index contributed by atoms with van der Waals surface area (Å²) in [6, 6.07) is 9.07. The molecule has 0 aliphatic carbocycles. The first-order valence-corrected chi connectivity index (χ1v) is 7.81. The highest BCUT2D eigenvalue weighted by Crippen LogP contribution is 2.32. The van der Waals surface area contributed by atoms with Crippen molar-refractivity contribution in [3.8, 4) is 17.2 Å². The fraction of sp³-hybridized carbons (Fsp3) is 0.222. The largest absolute Gasteiger partial charge is 0.504 e. The van der Waals surface area contributed by atoms with E-state index in [-0.39, 0.29) is 24.3 Å². The van der Waals surface area contributed by atoms with E-state index in [1.165, 1.54) is 12.1 Å². The standard InChI is InChI=1S/C18H20N2O6/c19-13(17(22)23)7-10-1-4-12(5-2-10)26-16-9-11(3-6-15(16)21)8-14(20)18(24)25/h1-6,9,13-14,21H,7-8,19-20H2,(H,22,23)(H,24,25)/t13?,14-/m0/s1. The normalized spacial score (nSPS) is 13.0. The summed E-state index contributed by atoms with van der Waals surface area (Å²) < 4.78 is 5.61. The van der Waals surface area contributed by atoms with E-state index in [2.05, 4.69) is 0 Å². The Morgan fingerprint density at radius 1 is 0.885 bits per heavy atom. The molecule has 0 spiro atoms. The number of hydrogen-bond donors (Lipinski definition) is 5. The molecule has 1 unspecified atom stereocenters. The lowest BCUT2D eigenvalue weighted by atomic mass is 10.1. The molecule has 0 saturated carbocycles. The number of aromatic hydroxyl groups is 1. The van der Waals surface area contributed by atoms with E-state index in [1.807, 2.05) is 0 Å². The molecular formula is C18H20N2O6. The van der Waals surface area contributed by atoms with Gasteiger partial charge in [-0.2, -0.15) is 0 Å². The second-order valence-electron chi connectivity index (χ2n) is 5.85. The van der Waals surface area contributed by atoms with Gasteiger partial charge in [0.25, 0.3) is 0 Å². The van der Waals surface area contributed by atoms with Gasteiger partial charge in [0.2, 0.25) is 0 Å². The molecule has 0 radical (unpaired) electrons. The molecule has 0 amide bonds. The van der Waals surface area contributed by atoms with Crippen molar-refractivity contribution in [3.63, 3.8) is 0 Å². The van der Waals surface area contributed by atoms with Crippen molar-refractivity contribution in [1.82, 2.24) is 0 Å². The number of aliphatic carboxylic acids is 2. The SMILES string of the molecule is NC(Cc1ccc(Oc2cc(C[C@H](N)C(=O)O)ccc2O)cc1)C(=O)O. The van der Waals surface area contributed by atoms with Gasteiger partial charge in [0, 0.05) is 0 Å². The van der Waals surface area contributed by atoms with Crippen LogP contribution in [0.25, 0.3) is 0 Å². The van der Waals surface area contributed by atoms with Crippen LogP contribution in [0.15, 0.2) is 42.5 Å². The zero-order chi connectivity index (χ0) is 19.3. The molecule has 0 bridgehead atoms. The Balaban J connectivity index is 2.10. The van der Waals surface area contributed by atoms with Gasteiger partial charge < -0.3 is 31.5 Å². The van der Waals surface area contributed by atoms with E-state index in [4.69, 9.17) is 26.4 Å². The van der Waals surface area contributed by atoms with Crippen molar-refractivity contribution in [3.05, 3.63) is 53.6 Å². The van der Waals surface area contributed by atoms with Crippen molar-refractivity contribution >= 4 is 11.9 Å². The number of rotatable bonds is 8. The zero-order valence-corrected chi connectivity index (χ0v) is 13.8. The molecule has 2 atom stereocenters. The zero-order valence-electron chi connectivity index (χ0n) is 13.8. The lowest BCUT2D eigenvalue weighted by Gasteiger charge is -2.12. The maximum Gasteiger partial charge on any atom is 0.320 e. The molecule has 8 heteroatoms. The second kappa shape index (κ2) is 8.32. The molecular weight excluding hydrogens is 340 g/mol. The number of phenolic OH excluding ortho intramolecular Hbond substituents is 1. The minimum Gasteiger partial charge on any atom is -0.504 e. The van der Waals surface area contributed by atoms with E-state index in [9.17, 15) is 14.7 Å². The third-order valence-electron chi connectivity index (χ3n) is 3.72. The van der Waals surface area contributed by atoms with Gasteiger partial charge in [-0.05, 0) is 48.2 Å². The van der Waals surface area contributed by atoms with E-state index in [0.717, 1.165) is 5.56 Å². The van der Waals surface area contributed by atoms with Crippen LogP contribution in [0.2, 0.25) is 0 Å². The maximum atomic E-state index is 10.8. The summed E-state index contributed by atoms with van der Waals surface area (Å²) >= 11 is 0. The Morgan fingerprint density at radius 3 is 1.92 bits per heavy atom. The van der Waals surface area contributed by atoms with Crippen LogP contribution in [0.4, 0.5) is 0 Å². The summed E-state index contributed by atoms with van der Waals surface area (Å²) in [6.07, 6.45) is 0.279. The predicted octanol–water partition coefficient (Wildman–Crippen LogP) is 1.09. The number of carboxylic acids is 2. The van der Waals surface area contributed by atoms with Gasteiger partial charge in [-0.3, -0.25) is 9.59 Å². The molecule has 0 aliphatic heterocycles. The van der Waals surface area contributed by atoms with Crippen molar-refractivity contribution < 1.29 is 29.6 Å². The number of nitrogens with two attached hydrogens (primary N) is 2. The minimum atomic E-state index is -1.12. The van der Waals surface area contributed by atoms with Gasteiger partial charge in [-0.25, -0.2) is 0 Å². The first kappa shape index (κ1) is 19.2. The Kier molecular flexibility index (Phi) is 6.16. The quantitative estimate of drug-likeness (QED) is 0.468. The van der Waals surface area contributed by atoms with Crippen LogP contribution in [0.3, 0.4) is 0 Å². The van der Waals surface area contributed by atoms with Gasteiger partial charge in [0.1, 0.15) is 17.8 Å². The number of benzene rings is 2. The van der Waals surface area contributed by atoms with Crippen molar-refractivity contribution in [2.75, 3.05) is 0 Å². The molecule has 8 nitrogen and oxygen atoms in total. The number of carbonyl (C=O) groups is 2. The summed E-state index contributed by atoms with van der Waals surface area (Å²) in [7, 11) is 0. The summed E-state index contributed by atoms with van der Waals surface area (Å²) in [4.78, 5) is 21.6. The molecule has 0 heterocycles. The number of carboxylic acid groups (broad SMARTS) is 2. The number of ether oxygens (including phenoxy) is 1. The Hall–Kier alpha value is -3.10. The first-order valence-electron chi connectivity index (χ1n) is 7.81. The third-order valence-corrected chi connectivity index (χ3v) is 3.72. The van der Waals surface area contributed by atoms with Crippen LogP contribution in [-0.4, -0.2) is 39.3 Å². The van der Waals surface area contributed by atoms with Crippen molar-refractivity contribution in [1.29, 1.82) is 0 Å². The lowest BCUT2D eigenvalue weighted by molar-refractivity contribution is -0.139. The number of phenols is 1. The molecule has 0 fully saturated rings.